The highest BCUT2D eigenvalue weighted by Gasteiger charge is 2.14. The zero-order valence-corrected chi connectivity index (χ0v) is 10.8. The molecule has 0 fully saturated rings. The zero-order chi connectivity index (χ0) is 12.4. The quantitative estimate of drug-likeness (QED) is 0.914. The van der Waals surface area contributed by atoms with E-state index in [4.69, 9.17) is 9.52 Å². The van der Waals surface area contributed by atoms with Gasteiger partial charge in [-0.25, -0.2) is 0 Å². The number of amides is 1. The summed E-state index contributed by atoms with van der Waals surface area (Å²) >= 11 is 3.35. The third kappa shape index (κ3) is 2.68. The van der Waals surface area contributed by atoms with Gasteiger partial charge in [-0.1, -0.05) is 15.9 Å². The van der Waals surface area contributed by atoms with E-state index < -0.39 is 0 Å². The van der Waals surface area contributed by atoms with Crippen LogP contribution in [0.4, 0.5) is 0 Å². The molecule has 1 heterocycles. The number of nitrogens with one attached hydrogen (secondary N) is 1. The van der Waals surface area contributed by atoms with Gasteiger partial charge in [-0.3, -0.25) is 4.79 Å². The largest absolute Gasteiger partial charge is 0.451 e. The summed E-state index contributed by atoms with van der Waals surface area (Å²) in [6.45, 7) is 1.62. The van der Waals surface area contributed by atoms with Crippen LogP contribution < -0.4 is 5.32 Å². The van der Waals surface area contributed by atoms with Crippen LogP contribution in [0.1, 0.15) is 17.5 Å². The molecule has 0 aliphatic heterocycles. The molecule has 1 amide bonds. The Bertz CT molecular complexity index is 550. The van der Waals surface area contributed by atoms with E-state index in [1.807, 2.05) is 12.1 Å². The number of carbonyl (C=O) groups excluding carboxylic acids is 1. The van der Waals surface area contributed by atoms with Crippen molar-refractivity contribution in [2.45, 2.75) is 13.0 Å². The zero-order valence-electron chi connectivity index (χ0n) is 9.24. The Labute approximate surface area is 107 Å². The van der Waals surface area contributed by atoms with Gasteiger partial charge in [-0.05, 0) is 31.2 Å². The molecule has 0 radical (unpaired) electrons. The van der Waals surface area contributed by atoms with Gasteiger partial charge in [-0.2, -0.15) is 0 Å². The van der Waals surface area contributed by atoms with Crippen molar-refractivity contribution in [2.24, 2.45) is 0 Å². The minimum absolute atomic E-state index is 0.0997. The SMILES string of the molecule is C[C@@H](CO)NC(=O)c1cc2cc(Br)ccc2o1. The molecule has 90 valence electrons. The minimum Gasteiger partial charge on any atom is -0.451 e. The van der Waals surface area contributed by atoms with Gasteiger partial charge in [0.2, 0.25) is 0 Å². The van der Waals surface area contributed by atoms with E-state index in [0.29, 0.717) is 5.58 Å². The van der Waals surface area contributed by atoms with Crippen molar-refractivity contribution in [2.75, 3.05) is 6.61 Å². The van der Waals surface area contributed by atoms with E-state index in [-0.39, 0.29) is 24.3 Å². The molecular formula is C12H12BrNO3. The van der Waals surface area contributed by atoms with Crippen LogP contribution in [0.15, 0.2) is 33.2 Å². The van der Waals surface area contributed by atoms with Crippen LogP contribution in [-0.4, -0.2) is 23.7 Å². The van der Waals surface area contributed by atoms with Crippen molar-refractivity contribution in [1.29, 1.82) is 0 Å². The predicted molar refractivity (Wildman–Crippen MR) is 67.9 cm³/mol. The average Bonchev–Trinajstić information content (AvgIpc) is 2.71. The monoisotopic (exact) mass is 297 g/mol. The van der Waals surface area contributed by atoms with Crippen LogP contribution in [-0.2, 0) is 0 Å². The number of benzene rings is 1. The molecule has 0 saturated carbocycles. The van der Waals surface area contributed by atoms with E-state index >= 15 is 0 Å². The van der Waals surface area contributed by atoms with Crippen molar-refractivity contribution in [3.63, 3.8) is 0 Å². The van der Waals surface area contributed by atoms with Gasteiger partial charge in [0.25, 0.3) is 5.91 Å². The van der Waals surface area contributed by atoms with E-state index in [1.165, 1.54) is 0 Å². The molecule has 0 spiro atoms. The third-order valence-corrected chi connectivity index (χ3v) is 2.85. The Morgan fingerprint density at radius 3 is 3.00 bits per heavy atom. The Kier molecular flexibility index (Phi) is 3.49. The second kappa shape index (κ2) is 4.89. The summed E-state index contributed by atoms with van der Waals surface area (Å²) in [5.74, 6) is -0.0720. The van der Waals surface area contributed by atoms with Crippen molar-refractivity contribution < 1.29 is 14.3 Å². The van der Waals surface area contributed by atoms with Gasteiger partial charge in [0.1, 0.15) is 5.58 Å². The summed E-state index contributed by atoms with van der Waals surface area (Å²) in [7, 11) is 0. The van der Waals surface area contributed by atoms with Crippen LogP contribution in [0.3, 0.4) is 0 Å². The number of carbonyl (C=O) groups is 1. The first-order chi connectivity index (χ1) is 8.10. The van der Waals surface area contributed by atoms with E-state index in [1.54, 1.807) is 19.1 Å². The number of aliphatic hydroxyl groups is 1. The molecule has 2 N–H and O–H groups in total. The van der Waals surface area contributed by atoms with Gasteiger partial charge in [0.05, 0.1) is 6.61 Å². The molecule has 0 unspecified atom stereocenters. The summed E-state index contributed by atoms with van der Waals surface area (Å²) < 4.78 is 6.35. The average molecular weight is 298 g/mol. The second-order valence-electron chi connectivity index (χ2n) is 3.85. The highest BCUT2D eigenvalue weighted by atomic mass is 79.9. The standard InChI is InChI=1S/C12H12BrNO3/c1-7(6-15)14-12(16)11-5-8-4-9(13)2-3-10(8)17-11/h2-5,7,15H,6H2,1H3,(H,14,16)/t7-/m0/s1. The molecule has 5 heteroatoms. The Morgan fingerprint density at radius 2 is 2.29 bits per heavy atom. The van der Waals surface area contributed by atoms with E-state index in [0.717, 1.165) is 9.86 Å². The molecule has 4 nitrogen and oxygen atoms in total. The van der Waals surface area contributed by atoms with E-state index in [2.05, 4.69) is 21.2 Å². The topological polar surface area (TPSA) is 62.5 Å². The highest BCUT2D eigenvalue weighted by molar-refractivity contribution is 9.10. The van der Waals surface area contributed by atoms with Crippen molar-refractivity contribution in [1.82, 2.24) is 5.32 Å². The second-order valence-corrected chi connectivity index (χ2v) is 4.77. The van der Waals surface area contributed by atoms with Gasteiger partial charge >= 0.3 is 0 Å². The third-order valence-electron chi connectivity index (χ3n) is 2.35. The number of hydrogen-bond donors (Lipinski definition) is 2. The number of rotatable bonds is 3. The number of hydrogen-bond acceptors (Lipinski definition) is 3. The fourth-order valence-corrected chi connectivity index (χ4v) is 1.85. The maximum Gasteiger partial charge on any atom is 0.287 e. The molecule has 0 aliphatic rings. The van der Waals surface area contributed by atoms with Crippen molar-refractivity contribution in [3.8, 4) is 0 Å². The number of aliphatic hydroxyl groups excluding tert-OH is 1. The van der Waals surface area contributed by atoms with Crippen LogP contribution in [0, 0.1) is 0 Å². The fraction of sp³-hybridized carbons (Fsp3) is 0.250. The summed E-state index contributed by atoms with van der Waals surface area (Å²) in [5.41, 5.74) is 0.662. The van der Waals surface area contributed by atoms with Crippen LogP contribution in [0.5, 0.6) is 0 Å². The van der Waals surface area contributed by atoms with Crippen molar-refractivity contribution in [3.05, 3.63) is 34.5 Å². The predicted octanol–water partition coefficient (Wildman–Crippen LogP) is 2.31. The smallest absolute Gasteiger partial charge is 0.287 e. The lowest BCUT2D eigenvalue weighted by atomic mass is 10.2. The summed E-state index contributed by atoms with van der Waals surface area (Å²) in [6.07, 6.45) is 0. The molecular weight excluding hydrogens is 286 g/mol. The lowest BCUT2D eigenvalue weighted by Crippen LogP contribution is -2.34. The number of furan rings is 1. The molecule has 0 saturated heterocycles. The molecule has 0 aliphatic carbocycles. The van der Waals surface area contributed by atoms with Crippen LogP contribution in [0.2, 0.25) is 0 Å². The minimum atomic E-state index is -0.320. The fourth-order valence-electron chi connectivity index (χ4n) is 1.47. The lowest BCUT2D eigenvalue weighted by Gasteiger charge is -2.08. The van der Waals surface area contributed by atoms with Gasteiger partial charge in [0.15, 0.2) is 5.76 Å². The Balaban J connectivity index is 2.27. The summed E-state index contributed by atoms with van der Waals surface area (Å²) in [6, 6.07) is 6.92. The molecule has 17 heavy (non-hydrogen) atoms. The van der Waals surface area contributed by atoms with Gasteiger partial charge in [0, 0.05) is 15.9 Å². The molecule has 1 atom stereocenters. The molecule has 1 aromatic carbocycles. The lowest BCUT2D eigenvalue weighted by molar-refractivity contribution is 0.0896. The normalized spacial score (nSPS) is 12.6. The molecule has 2 rings (SSSR count). The molecule has 0 bridgehead atoms. The maximum atomic E-state index is 11.7. The molecule has 1 aromatic heterocycles. The highest BCUT2D eigenvalue weighted by Crippen LogP contribution is 2.23. The summed E-state index contributed by atoms with van der Waals surface area (Å²) in [4.78, 5) is 11.7. The maximum absolute atomic E-state index is 11.7. The van der Waals surface area contributed by atoms with E-state index in [9.17, 15) is 4.79 Å². The first-order valence-corrected chi connectivity index (χ1v) is 6.00. The Morgan fingerprint density at radius 1 is 1.53 bits per heavy atom. The van der Waals surface area contributed by atoms with Crippen LogP contribution in [0.25, 0.3) is 11.0 Å². The number of halogens is 1. The van der Waals surface area contributed by atoms with Gasteiger partial charge in [-0.15, -0.1) is 0 Å². The van der Waals surface area contributed by atoms with Crippen LogP contribution >= 0.6 is 15.9 Å². The number of fused-ring (bicyclic) bond motifs is 1. The molecule has 2 aromatic rings. The van der Waals surface area contributed by atoms with Gasteiger partial charge < -0.3 is 14.8 Å². The van der Waals surface area contributed by atoms with Crippen molar-refractivity contribution >= 4 is 32.8 Å². The first-order valence-electron chi connectivity index (χ1n) is 5.21. The Hall–Kier alpha value is -1.33. The summed E-state index contributed by atoms with van der Waals surface area (Å²) in [5, 5.41) is 12.3. The first kappa shape index (κ1) is 12.1.